The number of para-hydroxylation sites is 1. The minimum absolute atomic E-state index is 0.417. The fraction of sp³-hybridized carbons (Fsp3) is 0.333. The highest BCUT2D eigenvalue weighted by Crippen LogP contribution is 2.33. The average molecular weight is 283 g/mol. The first-order valence-electron chi connectivity index (χ1n) is 7.45. The van der Waals surface area contributed by atoms with Gasteiger partial charge in [0.05, 0.1) is 0 Å². The Morgan fingerprint density at radius 1 is 0.900 bits per heavy atom. The standard InChI is InChI=1S/C18H25NSi/c1-5-20(3,4)19(18-14-10-7-11-15-18)16(2)17-12-8-6-9-13-17/h6-16H,5H2,1-4H3/t16-/m0/s1. The monoisotopic (exact) mass is 283 g/mol. The van der Waals surface area contributed by atoms with Crippen molar-refractivity contribution in [2.24, 2.45) is 0 Å². The molecular weight excluding hydrogens is 258 g/mol. The number of hydrogen-bond donors (Lipinski definition) is 0. The summed E-state index contributed by atoms with van der Waals surface area (Å²) in [6.07, 6.45) is 0. The quantitative estimate of drug-likeness (QED) is 0.657. The van der Waals surface area contributed by atoms with Crippen LogP contribution in [0.25, 0.3) is 0 Å². The Morgan fingerprint density at radius 2 is 1.40 bits per heavy atom. The van der Waals surface area contributed by atoms with E-state index in [0.29, 0.717) is 6.04 Å². The zero-order valence-electron chi connectivity index (χ0n) is 13.0. The molecule has 0 aliphatic heterocycles. The van der Waals surface area contributed by atoms with Gasteiger partial charge < -0.3 is 4.57 Å². The van der Waals surface area contributed by atoms with Gasteiger partial charge in [-0.1, -0.05) is 68.5 Å². The van der Waals surface area contributed by atoms with Crippen molar-refractivity contribution in [1.29, 1.82) is 0 Å². The molecule has 2 heteroatoms. The van der Waals surface area contributed by atoms with E-state index in [2.05, 4.69) is 92.2 Å². The number of anilines is 1. The molecule has 0 spiro atoms. The Bertz CT molecular complexity index is 522. The normalized spacial score (nSPS) is 13.0. The molecule has 0 N–H and O–H groups in total. The van der Waals surface area contributed by atoms with E-state index in [4.69, 9.17) is 0 Å². The molecule has 0 bridgehead atoms. The zero-order valence-corrected chi connectivity index (χ0v) is 14.0. The Balaban J connectivity index is 2.43. The Morgan fingerprint density at radius 3 is 1.90 bits per heavy atom. The lowest BCUT2D eigenvalue weighted by molar-refractivity contribution is 0.787. The number of nitrogens with zero attached hydrogens (tertiary/aromatic N) is 1. The third-order valence-electron chi connectivity index (χ3n) is 4.22. The molecule has 0 unspecified atom stereocenters. The SMILES string of the molecule is CC[Si](C)(C)N(c1ccccc1)[C@@H](C)c1ccccc1. The second-order valence-electron chi connectivity index (χ2n) is 5.96. The van der Waals surface area contributed by atoms with Crippen molar-refractivity contribution >= 4 is 13.9 Å². The molecule has 0 radical (unpaired) electrons. The highest BCUT2D eigenvalue weighted by molar-refractivity contribution is 6.81. The van der Waals surface area contributed by atoms with Gasteiger partial charge in [0.1, 0.15) is 0 Å². The first-order chi connectivity index (χ1) is 9.56. The summed E-state index contributed by atoms with van der Waals surface area (Å²) in [4.78, 5) is 0. The molecule has 106 valence electrons. The van der Waals surface area contributed by atoms with Gasteiger partial charge in [-0.3, -0.25) is 0 Å². The number of rotatable bonds is 5. The van der Waals surface area contributed by atoms with Crippen molar-refractivity contribution in [3.8, 4) is 0 Å². The van der Waals surface area contributed by atoms with Crippen LogP contribution in [0.2, 0.25) is 19.1 Å². The topological polar surface area (TPSA) is 3.24 Å². The molecule has 2 aromatic carbocycles. The van der Waals surface area contributed by atoms with E-state index >= 15 is 0 Å². The summed E-state index contributed by atoms with van der Waals surface area (Å²) in [5.41, 5.74) is 2.74. The smallest absolute Gasteiger partial charge is 0.151 e. The molecule has 0 aliphatic carbocycles. The molecule has 1 atom stereocenters. The van der Waals surface area contributed by atoms with Crippen LogP contribution in [0.1, 0.15) is 25.5 Å². The second kappa shape index (κ2) is 6.27. The number of hydrogen-bond acceptors (Lipinski definition) is 1. The number of benzene rings is 2. The van der Waals surface area contributed by atoms with Crippen LogP contribution < -0.4 is 4.57 Å². The molecular formula is C18H25NSi. The van der Waals surface area contributed by atoms with Gasteiger partial charge in [-0.25, -0.2) is 0 Å². The van der Waals surface area contributed by atoms with Gasteiger partial charge in [0.2, 0.25) is 0 Å². The summed E-state index contributed by atoms with van der Waals surface area (Å²) in [5, 5.41) is 0. The lowest BCUT2D eigenvalue weighted by atomic mass is 10.1. The van der Waals surface area contributed by atoms with Gasteiger partial charge in [0.15, 0.2) is 8.24 Å². The molecule has 0 aliphatic rings. The van der Waals surface area contributed by atoms with Gasteiger partial charge in [-0.05, 0) is 30.7 Å². The van der Waals surface area contributed by atoms with Crippen LogP contribution in [0, 0.1) is 0 Å². The van der Waals surface area contributed by atoms with Gasteiger partial charge in [0, 0.05) is 11.7 Å². The van der Waals surface area contributed by atoms with Gasteiger partial charge >= 0.3 is 0 Å². The second-order valence-corrected chi connectivity index (χ2v) is 10.8. The summed E-state index contributed by atoms with van der Waals surface area (Å²) in [5.74, 6) is 0. The van der Waals surface area contributed by atoms with Crippen molar-refractivity contribution in [2.45, 2.75) is 39.0 Å². The van der Waals surface area contributed by atoms with Crippen molar-refractivity contribution in [1.82, 2.24) is 0 Å². The third kappa shape index (κ3) is 3.13. The minimum Gasteiger partial charge on any atom is -0.391 e. The van der Waals surface area contributed by atoms with Crippen LogP contribution in [0.4, 0.5) is 5.69 Å². The van der Waals surface area contributed by atoms with Crippen LogP contribution in [0.3, 0.4) is 0 Å². The van der Waals surface area contributed by atoms with Crippen molar-refractivity contribution in [3.63, 3.8) is 0 Å². The van der Waals surface area contributed by atoms with E-state index in [1.165, 1.54) is 17.3 Å². The predicted molar refractivity (Wildman–Crippen MR) is 91.7 cm³/mol. The molecule has 0 saturated heterocycles. The largest absolute Gasteiger partial charge is 0.391 e. The minimum atomic E-state index is -1.46. The first kappa shape index (κ1) is 14.9. The van der Waals surface area contributed by atoms with Crippen LogP contribution in [0.15, 0.2) is 60.7 Å². The van der Waals surface area contributed by atoms with Crippen molar-refractivity contribution in [3.05, 3.63) is 66.2 Å². The first-order valence-corrected chi connectivity index (χ1v) is 10.6. The van der Waals surface area contributed by atoms with E-state index in [0.717, 1.165) is 0 Å². The average Bonchev–Trinajstić information content (AvgIpc) is 2.49. The fourth-order valence-electron chi connectivity index (χ4n) is 2.74. The molecule has 0 saturated carbocycles. The summed E-state index contributed by atoms with van der Waals surface area (Å²) in [6, 6.07) is 23.3. The van der Waals surface area contributed by atoms with Crippen LogP contribution in [0.5, 0.6) is 0 Å². The van der Waals surface area contributed by atoms with E-state index in [1.54, 1.807) is 0 Å². The predicted octanol–water partition coefficient (Wildman–Crippen LogP) is 5.48. The Hall–Kier alpha value is -1.54. The molecule has 0 fully saturated rings. The molecule has 2 aromatic rings. The highest BCUT2D eigenvalue weighted by Gasteiger charge is 2.32. The summed E-state index contributed by atoms with van der Waals surface area (Å²) in [7, 11) is -1.46. The maximum absolute atomic E-state index is 2.67. The lowest BCUT2D eigenvalue weighted by Gasteiger charge is -2.43. The van der Waals surface area contributed by atoms with Crippen molar-refractivity contribution in [2.75, 3.05) is 4.57 Å². The Kier molecular flexibility index (Phi) is 4.66. The third-order valence-corrected chi connectivity index (χ3v) is 7.90. The summed E-state index contributed by atoms with van der Waals surface area (Å²) < 4.78 is 2.67. The molecule has 0 aromatic heterocycles. The molecule has 0 heterocycles. The summed E-state index contributed by atoms with van der Waals surface area (Å²) >= 11 is 0. The maximum Gasteiger partial charge on any atom is 0.151 e. The van der Waals surface area contributed by atoms with E-state index < -0.39 is 8.24 Å². The molecule has 20 heavy (non-hydrogen) atoms. The molecule has 2 rings (SSSR count). The fourth-order valence-corrected chi connectivity index (χ4v) is 5.12. The highest BCUT2D eigenvalue weighted by atomic mass is 28.3. The van der Waals surface area contributed by atoms with E-state index in [1.807, 2.05) is 0 Å². The molecule has 0 amide bonds. The van der Waals surface area contributed by atoms with E-state index in [-0.39, 0.29) is 0 Å². The van der Waals surface area contributed by atoms with Gasteiger partial charge in [0.25, 0.3) is 0 Å². The van der Waals surface area contributed by atoms with Gasteiger partial charge in [-0.15, -0.1) is 0 Å². The summed E-state index contributed by atoms with van der Waals surface area (Å²) in [6.45, 7) is 9.56. The van der Waals surface area contributed by atoms with Crippen molar-refractivity contribution < 1.29 is 0 Å². The lowest BCUT2D eigenvalue weighted by Crippen LogP contribution is -2.49. The maximum atomic E-state index is 2.67. The van der Waals surface area contributed by atoms with Gasteiger partial charge in [-0.2, -0.15) is 0 Å². The van der Waals surface area contributed by atoms with E-state index in [9.17, 15) is 0 Å². The van der Waals surface area contributed by atoms with Crippen LogP contribution in [-0.2, 0) is 0 Å². The molecule has 1 nitrogen and oxygen atoms in total. The van der Waals surface area contributed by atoms with Crippen LogP contribution in [-0.4, -0.2) is 8.24 Å². The zero-order chi connectivity index (χ0) is 14.6. The Labute approximate surface area is 124 Å². The van der Waals surface area contributed by atoms with Crippen LogP contribution >= 0.6 is 0 Å².